The lowest BCUT2D eigenvalue weighted by molar-refractivity contribution is 0.583. The van der Waals surface area contributed by atoms with Crippen molar-refractivity contribution in [2.45, 2.75) is 11.3 Å². The zero-order chi connectivity index (χ0) is 17.2. The van der Waals surface area contributed by atoms with Gasteiger partial charge in [-0.05, 0) is 46.5 Å². The van der Waals surface area contributed by atoms with Gasteiger partial charge >= 0.3 is 0 Å². The van der Waals surface area contributed by atoms with Crippen molar-refractivity contribution in [1.29, 1.82) is 5.26 Å². The fraction of sp³-hybridized carbons (Fsp3) is 0.0556. The molecule has 0 saturated carbocycles. The molecule has 3 N–H and O–H groups in total. The Morgan fingerprint density at radius 2 is 1.83 bits per heavy atom. The van der Waals surface area contributed by atoms with Crippen LogP contribution in [0.3, 0.4) is 0 Å². The second-order valence-corrected chi connectivity index (χ2v) is 7.06. The molecular weight excluding hydrogens is 322 g/mol. The highest BCUT2D eigenvalue weighted by molar-refractivity contribution is 7.89. The average molecular weight is 337 g/mol. The number of nitriles is 1. The van der Waals surface area contributed by atoms with Crippen LogP contribution in [0.5, 0.6) is 0 Å². The van der Waals surface area contributed by atoms with Crippen LogP contribution in [-0.2, 0) is 16.4 Å². The third kappa shape index (κ3) is 3.01. The van der Waals surface area contributed by atoms with E-state index in [0.29, 0.717) is 17.5 Å². The Kier molecular flexibility index (Phi) is 4.32. The summed E-state index contributed by atoms with van der Waals surface area (Å²) in [6.07, 6.45) is 0.382. The van der Waals surface area contributed by atoms with Gasteiger partial charge in [-0.2, -0.15) is 10.1 Å². The summed E-state index contributed by atoms with van der Waals surface area (Å²) in [5.74, 6) is 5.21. The molecule has 0 aromatic heterocycles. The third-order valence-corrected chi connectivity index (χ3v) is 5.15. The Bertz CT molecular complexity index is 1050. The molecule has 0 aliphatic carbocycles. The second kappa shape index (κ2) is 6.42. The summed E-state index contributed by atoms with van der Waals surface area (Å²) in [5, 5.41) is 10.8. The van der Waals surface area contributed by atoms with Crippen molar-refractivity contribution in [3.05, 3.63) is 77.4 Å². The van der Waals surface area contributed by atoms with Gasteiger partial charge in [-0.3, -0.25) is 5.84 Å². The summed E-state index contributed by atoms with van der Waals surface area (Å²) in [4.78, 5) is 2.04. The lowest BCUT2D eigenvalue weighted by atomic mass is 9.97. The number of nitrogens with one attached hydrogen (secondary N) is 1. The largest absolute Gasteiger partial charge is 0.257 e. The molecule has 6 heteroatoms. The number of benzene rings is 3. The van der Waals surface area contributed by atoms with Crippen molar-refractivity contribution in [2.24, 2.45) is 5.84 Å². The van der Waals surface area contributed by atoms with E-state index >= 15 is 0 Å². The minimum atomic E-state index is -3.79. The lowest BCUT2D eigenvalue weighted by Crippen LogP contribution is -2.31. The zero-order valence-corrected chi connectivity index (χ0v) is 13.5. The molecule has 0 heterocycles. The maximum atomic E-state index is 12.3. The van der Waals surface area contributed by atoms with Crippen LogP contribution in [0.25, 0.3) is 10.8 Å². The molecule has 0 saturated heterocycles. The van der Waals surface area contributed by atoms with Crippen molar-refractivity contribution in [1.82, 2.24) is 4.83 Å². The number of hydrogen-bond acceptors (Lipinski definition) is 4. The molecule has 120 valence electrons. The molecule has 0 aliphatic rings. The highest BCUT2D eigenvalue weighted by Crippen LogP contribution is 2.28. The predicted octanol–water partition coefficient (Wildman–Crippen LogP) is 2.45. The smallest absolute Gasteiger partial charge is 0.253 e. The van der Waals surface area contributed by atoms with Gasteiger partial charge in [-0.15, -0.1) is 0 Å². The summed E-state index contributed by atoms with van der Waals surface area (Å²) < 4.78 is 24.6. The summed E-state index contributed by atoms with van der Waals surface area (Å²) in [6, 6.07) is 20.1. The maximum absolute atomic E-state index is 12.3. The van der Waals surface area contributed by atoms with E-state index in [1.54, 1.807) is 30.3 Å². The van der Waals surface area contributed by atoms with Gasteiger partial charge in [0.2, 0.25) is 0 Å². The Hall–Kier alpha value is -2.72. The van der Waals surface area contributed by atoms with E-state index < -0.39 is 10.0 Å². The van der Waals surface area contributed by atoms with Gasteiger partial charge in [-0.25, -0.2) is 8.42 Å². The van der Waals surface area contributed by atoms with Crippen LogP contribution in [-0.4, -0.2) is 8.42 Å². The number of hydrazine groups is 1. The molecular formula is C18H15N3O2S. The van der Waals surface area contributed by atoms with E-state index in [2.05, 4.69) is 6.07 Å². The quantitative estimate of drug-likeness (QED) is 0.564. The molecule has 24 heavy (non-hydrogen) atoms. The van der Waals surface area contributed by atoms with Crippen LogP contribution in [0.1, 0.15) is 16.7 Å². The van der Waals surface area contributed by atoms with Gasteiger partial charge in [0.05, 0.1) is 16.5 Å². The van der Waals surface area contributed by atoms with Crippen molar-refractivity contribution in [2.75, 3.05) is 0 Å². The van der Waals surface area contributed by atoms with Gasteiger partial charge in [0.1, 0.15) is 0 Å². The predicted molar refractivity (Wildman–Crippen MR) is 92.4 cm³/mol. The molecule has 3 aromatic rings. The van der Waals surface area contributed by atoms with Crippen LogP contribution in [0.2, 0.25) is 0 Å². The molecule has 0 amide bonds. The Morgan fingerprint density at radius 1 is 1.04 bits per heavy atom. The van der Waals surface area contributed by atoms with Gasteiger partial charge in [0, 0.05) is 0 Å². The van der Waals surface area contributed by atoms with Crippen LogP contribution >= 0.6 is 0 Å². The Balaban J connectivity index is 2.23. The highest BCUT2D eigenvalue weighted by Gasteiger charge is 2.19. The molecule has 3 aromatic carbocycles. The van der Waals surface area contributed by atoms with Gasteiger partial charge in [-0.1, -0.05) is 42.5 Å². The van der Waals surface area contributed by atoms with E-state index in [9.17, 15) is 8.42 Å². The van der Waals surface area contributed by atoms with Crippen molar-refractivity contribution in [3.8, 4) is 6.07 Å². The highest BCUT2D eigenvalue weighted by atomic mass is 32.2. The lowest BCUT2D eigenvalue weighted by Gasteiger charge is -2.13. The van der Waals surface area contributed by atoms with E-state index in [4.69, 9.17) is 11.1 Å². The molecule has 0 atom stereocenters. The molecule has 5 nitrogen and oxygen atoms in total. The van der Waals surface area contributed by atoms with Gasteiger partial charge in [0.25, 0.3) is 10.0 Å². The molecule has 3 rings (SSSR count). The summed E-state index contributed by atoms with van der Waals surface area (Å²) in [5.41, 5.74) is 2.05. The first-order valence-corrected chi connectivity index (χ1v) is 8.75. The molecule has 0 bridgehead atoms. The summed E-state index contributed by atoms with van der Waals surface area (Å²) in [6.45, 7) is 0. The van der Waals surface area contributed by atoms with E-state index in [1.165, 1.54) is 0 Å². The average Bonchev–Trinajstić information content (AvgIpc) is 2.62. The first-order chi connectivity index (χ1) is 11.5. The summed E-state index contributed by atoms with van der Waals surface area (Å²) in [7, 11) is -3.79. The SMILES string of the molecule is N#Cc1cccc(Cc2c(S(=O)(=O)NN)ccc3ccccc23)c1. The summed E-state index contributed by atoms with van der Waals surface area (Å²) >= 11 is 0. The minimum Gasteiger partial charge on any atom is -0.257 e. The normalized spacial score (nSPS) is 11.3. The number of nitrogens with zero attached hydrogens (tertiary/aromatic N) is 1. The second-order valence-electron chi connectivity index (χ2n) is 5.37. The van der Waals surface area contributed by atoms with E-state index in [1.807, 2.05) is 35.2 Å². The number of sulfonamides is 1. The number of rotatable bonds is 4. The third-order valence-electron chi connectivity index (χ3n) is 3.88. The number of hydrogen-bond donors (Lipinski definition) is 2. The number of nitrogens with two attached hydrogens (primary N) is 1. The van der Waals surface area contributed by atoms with Crippen LogP contribution in [0.4, 0.5) is 0 Å². The minimum absolute atomic E-state index is 0.145. The van der Waals surface area contributed by atoms with Gasteiger partial charge < -0.3 is 0 Å². The zero-order valence-electron chi connectivity index (χ0n) is 12.7. The Morgan fingerprint density at radius 3 is 2.58 bits per heavy atom. The van der Waals surface area contributed by atoms with Crippen LogP contribution in [0.15, 0.2) is 65.6 Å². The van der Waals surface area contributed by atoms with Crippen molar-refractivity contribution >= 4 is 20.8 Å². The fourth-order valence-corrected chi connectivity index (χ4v) is 3.65. The van der Waals surface area contributed by atoms with Crippen molar-refractivity contribution in [3.63, 3.8) is 0 Å². The van der Waals surface area contributed by atoms with Crippen LogP contribution < -0.4 is 10.7 Å². The molecule has 0 fully saturated rings. The van der Waals surface area contributed by atoms with Crippen LogP contribution in [0, 0.1) is 11.3 Å². The maximum Gasteiger partial charge on any atom is 0.253 e. The fourth-order valence-electron chi connectivity index (χ4n) is 2.77. The molecule has 0 radical (unpaired) electrons. The van der Waals surface area contributed by atoms with Crippen molar-refractivity contribution < 1.29 is 8.42 Å². The monoisotopic (exact) mass is 337 g/mol. The number of fused-ring (bicyclic) bond motifs is 1. The molecule has 0 aliphatic heterocycles. The topological polar surface area (TPSA) is 96.0 Å². The van der Waals surface area contributed by atoms with E-state index in [0.717, 1.165) is 16.3 Å². The Labute approximate surface area is 140 Å². The molecule has 0 spiro atoms. The van der Waals surface area contributed by atoms with E-state index in [-0.39, 0.29) is 4.90 Å². The first-order valence-electron chi connectivity index (χ1n) is 7.27. The molecule has 0 unspecified atom stereocenters. The van der Waals surface area contributed by atoms with Gasteiger partial charge in [0.15, 0.2) is 0 Å². The standard InChI is InChI=1S/C18H15N3O2S/c19-12-14-5-3-4-13(10-14)11-17-16-7-2-1-6-15(16)8-9-18(17)24(22,23)21-20/h1-10,21H,11,20H2. The first kappa shape index (κ1) is 16.1.